The third-order valence-electron chi connectivity index (χ3n) is 3.14. The van der Waals surface area contributed by atoms with E-state index in [1.807, 2.05) is 0 Å². The van der Waals surface area contributed by atoms with Crippen molar-refractivity contribution in [2.75, 3.05) is 0 Å². The zero-order chi connectivity index (χ0) is 16.3. The molecule has 0 aliphatic heterocycles. The van der Waals surface area contributed by atoms with Gasteiger partial charge in [-0.05, 0) is 38.1 Å². The zero-order valence-electron chi connectivity index (χ0n) is 12.1. The van der Waals surface area contributed by atoms with E-state index in [-0.39, 0.29) is 23.8 Å². The highest BCUT2D eigenvalue weighted by Gasteiger charge is 2.14. The largest absolute Gasteiger partial charge is 0.346 e. The monoisotopic (exact) mass is 336 g/mol. The van der Waals surface area contributed by atoms with Crippen molar-refractivity contribution in [1.82, 2.24) is 10.3 Å². The highest BCUT2D eigenvalue weighted by atomic mass is 35.5. The van der Waals surface area contributed by atoms with Gasteiger partial charge in [-0.3, -0.25) is 14.6 Å². The third-order valence-corrected chi connectivity index (χ3v) is 3.77. The van der Waals surface area contributed by atoms with E-state index in [4.69, 9.17) is 23.2 Å². The second kappa shape index (κ2) is 6.90. The van der Waals surface area contributed by atoms with Gasteiger partial charge >= 0.3 is 0 Å². The van der Waals surface area contributed by atoms with E-state index in [1.54, 1.807) is 37.3 Å². The number of carbonyl (C=O) groups is 2. The first-order valence-corrected chi connectivity index (χ1v) is 7.35. The van der Waals surface area contributed by atoms with Gasteiger partial charge in [-0.2, -0.15) is 0 Å². The Hall–Kier alpha value is -1.91. The predicted octanol–water partition coefficient (Wildman–Crippen LogP) is 3.83. The van der Waals surface area contributed by atoms with Gasteiger partial charge in [0.2, 0.25) is 0 Å². The minimum Gasteiger partial charge on any atom is -0.346 e. The van der Waals surface area contributed by atoms with Gasteiger partial charge in [0.25, 0.3) is 5.91 Å². The molecule has 1 amide bonds. The van der Waals surface area contributed by atoms with Gasteiger partial charge < -0.3 is 5.32 Å². The fraction of sp³-hybridized carbons (Fsp3) is 0.188. The summed E-state index contributed by atoms with van der Waals surface area (Å²) in [5.41, 5.74) is 2.10. The summed E-state index contributed by atoms with van der Waals surface area (Å²) < 4.78 is 0. The number of carbonyl (C=O) groups excluding carboxylic acids is 2. The first-order valence-electron chi connectivity index (χ1n) is 6.60. The number of nitrogens with one attached hydrogen (secondary N) is 1. The Labute approximate surface area is 138 Å². The molecule has 4 nitrogen and oxygen atoms in total. The fourth-order valence-electron chi connectivity index (χ4n) is 2.06. The molecule has 0 aliphatic rings. The van der Waals surface area contributed by atoms with E-state index in [2.05, 4.69) is 10.3 Å². The molecule has 6 heteroatoms. The van der Waals surface area contributed by atoms with Crippen LogP contribution in [0.25, 0.3) is 0 Å². The van der Waals surface area contributed by atoms with Crippen LogP contribution in [0.4, 0.5) is 0 Å². The molecule has 0 bridgehead atoms. The van der Waals surface area contributed by atoms with Crippen LogP contribution in [-0.4, -0.2) is 16.7 Å². The van der Waals surface area contributed by atoms with E-state index in [0.717, 1.165) is 0 Å². The number of nitrogens with zero attached hydrogens (tertiary/aromatic N) is 1. The molecular weight excluding hydrogens is 323 g/mol. The number of pyridine rings is 1. The van der Waals surface area contributed by atoms with Crippen LogP contribution in [0.3, 0.4) is 0 Å². The van der Waals surface area contributed by atoms with Crippen LogP contribution in [0.1, 0.15) is 39.0 Å². The summed E-state index contributed by atoms with van der Waals surface area (Å²) in [6.45, 7) is 3.47. The number of amides is 1. The van der Waals surface area contributed by atoms with Gasteiger partial charge in [-0.15, -0.1) is 0 Å². The molecule has 0 fully saturated rings. The van der Waals surface area contributed by atoms with E-state index < -0.39 is 0 Å². The summed E-state index contributed by atoms with van der Waals surface area (Å²) in [7, 11) is 0. The molecule has 0 atom stereocenters. The number of aryl methyl sites for hydroxylation is 1. The Balaban J connectivity index is 2.12. The standard InChI is InChI=1S/C16H14Cl2N2O2/c1-9-12(10(2)21)7-6-11(20-9)8-19-16(22)15-13(17)4-3-5-14(15)18/h3-7H,8H2,1-2H3,(H,19,22). The van der Waals surface area contributed by atoms with Crippen LogP contribution in [0.2, 0.25) is 10.0 Å². The first kappa shape index (κ1) is 16.5. The molecule has 0 saturated carbocycles. The highest BCUT2D eigenvalue weighted by molar-refractivity contribution is 6.39. The maximum atomic E-state index is 12.2. The van der Waals surface area contributed by atoms with Crippen molar-refractivity contribution in [1.29, 1.82) is 0 Å². The summed E-state index contributed by atoms with van der Waals surface area (Å²) in [5, 5.41) is 3.30. The molecule has 0 saturated heterocycles. The van der Waals surface area contributed by atoms with Gasteiger partial charge in [0, 0.05) is 11.3 Å². The number of aromatic nitrogens is 1. The second-order valence-corrected chi connectivity index (χ2v) is 5.59. The number of hydrogen-bond acceptors (Lipinski definition) is 3. The first-order chi connectivity index (χ1) is 10.4. The smallest absolute Gasteiger partial charge is 0.254 e. The van der Waals surface area contributed by atoms with Crippen molar-refractivity contribution in [3.63, 3.8) is 0 Å². The van der Waals surface area contributed by atoms with E-state index in [0.29, 0.717) is 27.0 Å². The molecule has 1 N–H and O–H groups in total. The topological polar surface area (TPSA) is 59.1 Å². The molecule has 1 aromatic carbocycles. The van der Waals surface area contributed by atoms with Gasteiger partial charge in [-0.1, -0.05) is 29.3 Å². The minimum absolute atomic E-state index is 0.0385. The molecular formula is C16H14Cl2N2O2. The SMILES string of the molecule is CC(=O)c1ccc(CNC(=O)c2c(Cl)cccc2Cl)nc1C. The number of Topliss-reactive ketones (excluding diaryl/α,β-unsaturated/α-hetero) is 1. The number of halogens is 2. The lowest BCUT2D eigenvalue weighted by molar-refractivity contribution is 0.0949. The van der Waals surface area contributed by atoms with Gasteiger partial charge in [-0.25, -0.2) is 0 Å². The fourth-order valence-corrected chi connectivity index (χ4v) is 2.63. The zero-order valence-corrected chi connectivity index (χ0v) is 13.6. The highest BCUT2D eigenvalue weighted by Crippen LogP contribution is 2.24. The molecule has 1 aromatic heterocycles. The summed E-state index contributed by atoms with van der Waals surface area (Å²) in [5.74, 6) is -0.408. The molecule has 2 aromatic rings. The normalized spacial score (nSPS) is 10.4. The van der Waals surface area contributed by atoms with Crippen LogP contribution < -0.4 is 5.32 Å². The summed E-state index contributed by atoms with van der Waals surface area (Å²) in [6, 6.07) is 8.29. The number of hydrogen-bond donors (Lipinski definition) is 1. The Morgan fingerprint density at radius 3 is 2.32 bits per heavy atom. The number of benzene rings is 1. The second-order valence-electron chi connectivity index (χ2n) is 4.77. The summed E-state index contributed by atoms with van der Waals surface area (Å²) >= 11 is 12.0. The molecule has 22 heavy (non-hydrogen) atoms. The van der Waals surface area contributed by atoms with Gasteiger partial charge in [0.15, 0.2) is 5.78 Å². The maximum Gasteiger partial charge on any atom is 0.254 e. The van der Waals surface area contributed by atoms with Crippen LogP contribution in [0.15, 0.2) is 30.3 Å². The molecule has 0 unspecified atom stereocenters. The lowest BCUT2D eigenvalue weighted by Gasteiger charge is -2.09. The Bertz CT molecular complexity index is 725. The van der Waals surface area contributed by atoms with Crippen molar-refractivity contribution >= 4 is 34.9 Å². The Morgan fingerprint density at radius 2 is 1.77 bits per heavy atom. The Morgan fingerprint density at radius 1 is 1.14 bits per heavy atom. The average Bonchev–Trinajstić information content (AvgIpc) is 2.44. The lowest BCUT2D eigenvalue weighted by Crippen LogP contribution is -2.24. The quantitative estimate of drug-likeness (QED) is 0.863. The third kappa shape index (κ3) is 3.64. The Kier molecular flexibility index (Phi) is 5.16. The summed E-state index contributed by atoms with van der Waals surface area (Å²) in [6.07, 6.45) is 0. The van der Waals surface area contributed by atoms with Gasteiger partial charge in [0.1, 0.15) is 0 Å². The molecule has 114 valence electrons. The number of ketones is 1. The van der Waals surface area contributed by atoms with Crippen molar-refractivity contribution in [3.05, 3.63) is 62.9 Å². The predicted molar refractivity (Wildman–Crippen MR) is 86.6 cm³/mol. The van der Waals surface area contributed by atoms with E-state index >= 15 is 0 Å². The van der Waals surface area contributed by atoms with Crippen molar-refractivity contribution in [3.8, 4) is 0 Å². The van der Waals surface area contributed by atoms with Crippen LogP contribution >= 0.6 is 23.2 Å². The molecule has 1 heterocycles. The van der Waals surface area contributed by atoms with Crippen molar-refractivity contribution < 1.29 is 9.59 Å². The maximum absolute atomic E-state index is 12.2. The average molecular weight is 337 g/mol. The molecule has 0 radical (unpaired) electrons. The van der Waals surface area contributed by atoms with E-state index in [1.165, 1.54) is 6.92 Å². The molecule has 0 spiro atoms. The van der Waals surface area contributed by atoms with Crippen LogP contribution in [0, 0.1) is 6.92 Å². The van der Waals surface area contributed by atoms with Crippen LogP contribution in [-0.2, 0) is 6.54 Å². The van der Waals surface area contributed by atoms with E-state index in [9.17, 15) is 9.59 Å². The minimum atomic E-state index is -0.370. The number of rotatable bonds is 4. The molecule has 2 rings (SSSR count). The van der Waals surface area contributed by atoms with Crippen molar-refractivity contribution in [2.24, 2.45) is 0 Å². The van der Waals surface area contributed by atoms with Gasteiger partial charge in [0.05, 0.1) is 27.8 Å². The molecule has 0 aliphatic carbocycles. The summed E-state index contributed by atoms with van der Waals surface area (Å²) in [4.78, 5) is 27.8. The lowest BCUT2D eigenvalue weighted by atomic mass is 10.1. The van der Waals surface area contributed by atoms with Crippen LogP contribution in [0.5, 0.6) is 0 Å². The van der Waals surface area contributed by atoms with Crippen molar-refractivity contribution in [2.45, 2.75) is 20.4 Å².